The average molecular weight is 414 g/mol. The normalized spacial score (nSPS) is 13.2. The quantitative estimate of drug-likeness (QED) is 0.497. The Labute approximate surface area is 174 Å². The third kappa shape index (κ3) is 5.90. The lowest BCUT2D eigenvalue weighted by Crippen LogP contribution is -2.32. The van der Waals surface area contributed by atoms with Gasteiger partial charge in [0.05, 0.1) is 0 Å². The summed E-state index contributed by atoms with van der Waals surface area (Å²) in [5, 5.41) is 9.31. The molecule has 0 saturated heterocycles. The Kier molecular flexibility index (Phi) is 6.44. The number of hydrogen-bond donors (Lipinski definition) is 3. The lowest BCUT2D eigenvalue weighted by molar-refractivity contribution is -0.117. The first-order valence-corrected chi connectivity index (χ1v) is 9.66. The number of nitrogens with one attached hydrogen (secondary N) is 3. The van der Waals surface area contributed by atoms with Crippen molar-refractivity contribution in [3.8, 4) is 0 Å². The van der Waals surface area contributed by atoms with Crippen molar-refractivity contribution in [3.63, 3.8) is 0 Å². The molecule has 0 atom stereocenters. The SMILES string of the molecule is Cc1ccc(NC(=S)NC(=O)/C=C/c2ccc(Cl)cc2)cc1NC(=O)C1CC1. The summed E-state index contributed by atoms with van der Waals surface area (Å²) in [5.74, 6) is -0.172. The highest BCUT2D eigenvalue weighted by molar-refractivity contribution is 7.80. The van der Waals surface area contributed by atoms with Crippen molar-refractivity contribution in [1.82, 2.24) is 5.32 Å². The van der Waals surface area contributed by atoms with Gasteiger partial charge in [0.15, 0.2) is 5.11 Å². The van der Waals surface area contributed by atoms with Crippen LogP contribution in [0, 0.1) is 12.8 Å². The van der Waals surface area contributed by atoms with Crippen molar-refractivity contribution in [2.24, 2.45) is 5.92 Å². The Hall–Kier alpha value is -2.70. The molecule has 1 aliphatic rings. The maximum atomic E-state index is 12.0. The summed E-state index contributed by atoms with van der Waals surface area (Å²) < 4.78 is 0. The molecule has 0 spiro atoms. The molecule has 0 heterocycles. The minimum absolute atomic E-state index is 0.0449. The number of hydrogen-bond acceptors (Lipinski definition) is 3. The maximum Gasteiger partial charge on any atom is 0.250 e. The van der Waals surface area contributed by atoms with Gasteiger partial charge in [-0.1, -0.05) is 29.8 Å². The second-order valence-corrected chi connectivity index (χ2v) is 7.47. The van der Waals surface area contributed by atoms with Gasteiger partial charge < -0.3 is 10.6 Å². The highest BCUT2D eigenvalue weighted by atomic mass is 35.5. The van der Waals surface area contributed by atoms with Crippen molar-refractivity contribution >= 4 is 58.2 Å². The van der Waals surface area contributed by atoms with Crippen molar-refractivity contribution in [1.29, 1.82) is 0 Å². The van der Waals surface area contributed by atoms with Gasteiger partial charge in [-0.3, -0.25) is 14.9 Å². The molecule has 3 rings (SSSR count). The Morgan fingerprint density at radius 3 is 2.50 bits per heavy atom. The molecule has 2 amide bonds. The minimum atomic E-state index is -0.346. The number of thiocarbonyl (C=S) groups is 1. The first kappa shape index (κ1) is 20.0. The number of amides is 2. The third-order valence-electron chi connectivity index (χ3n) is 4.24. The Balaban J connectivity index is 1.55. The van der Waals surface area contributed by atoms with Crippen LogP contribution >= 0.6 is 23.8 Å². The van der Waals surface area contributed by atoms with Crippen LogP contribution in [-0.2, 0) is 9.59 Å². The van der Waals surface area contributed by atoms with E-state index in [4.69, 9.17) is 23.8 Å². The fourth-order valence-electron chi connectivity index (χ4n) is 2.48. The van der Waals surface area contributed by atoms with Gasteiger partial charge in [-0.05, 0) is 73.5 Å². The Bertz CT molecular complexity index is 937. The topological polar surface area (TPSA) is 70.2 Å². The van der Waals surface area contributed by atoms with Crippen LogP contribution < -0.4 is 16.0 Å². The molecule has 28 heavy (non-hydrogen) atoms. The molecule has 2 aromatic carbocycles. The van der Waals surface area contributed by atoms with E-state index in [-0.39, 0.29) is 22.8 Å². The molecule has 0 bridgehead atoms. The zero-order valence-corrected chi connectivity index (χ0v) is 16.9. The van der Waals surface area contributed by atoms with E-state index in [1.807, 2.05) is 31.2 Å². The molecule has 0 unspecified atom stereocenters. The molecule has 144 valence electrons. The second-order valence-electron chi connectivity index (χ2n) is 6.62. The molecule has 7 heteroatoms. The number of carbonyl (C=O) groups excluding carboxylic acids is 2. The zero-order chi connectivity index (χ0) is 20.1. The summed E-state index contributed by atoms with van der Waals surface area (Å²) in [6, 6.07) is 12.7. The Morgan fingerprint density at radius 1 is 1.11 bits per heavy atom. The summed E-state index contributed by atoms with van der Waals surface area (Å²) in [7, 11) is 0. The fraction of sp³-hybridized carbons (Fsp3) is 0.190. The van der Waals surface area contributed by atoms with Gasteiger partial charge >= 0.3 is 0 Å². The number of anilines is 2. The largest absolute Gasteiger partial charge is 0.332 e. The van der Waals surface area contributed by atoms with Crippen molar-refractivity contribution in [3.05, 3.63) is 64.7 Å². The van der Waals surface area contributed by atoms with Gasteiger partial charge in [0, 0.05) is 28.4 Å². The van der Waals surface area contributed by atoms with Gasteiger partial charge in [0.25, 0.3) is 0 Å². The average Bonchev–Trinajstić information content (AvgIpc) is 3.49. The Morgan fingerprint density at radius 2 is 1.82 bits per heavy atom. The molecule has 1 aliphatic carbocycles. The highest BCUT2D eigenvalue weighted by Gasteiger charge is 2.29. The number of rotatable bonds is 5. The molecular formula is C21H20ClN3O2S. The first-order chi connectivity index (χ1) is 13.4. The van der Waals surface area contributed by atoms with Crippen LogP contribution in [0.5, 0.6) is 0 Å². The van der Waals surface area contributed by atoms with Crippen LogP contribution in [0.3, 0.4) is 0 Å². The summed E-state index contributed by atoms with van der Waals surface area (Å²) >= 11 is 11.0. The van der Waals surface area contributed by atoms with Gasteiger partial charge in [-0.2, -0.15) is 0 Å². The zero-order valence-electron chi connectivity index (χ0n) is 15.3. The molecule has 0 aliphatic heterocycles. The summed E-state index contributed by atoms with van der Waals surface area (Å²) in [6.07, 6.45) is 4.96. The molecule has 5 nitrogen and oxygen atoms in total. The maximum absolute atomic E-state index is 12.0. The highest BCUT2D eigenvalue weighted by Crippen LogP contribution is 2.31. The predicted molar refractivity (Wildman–Crippen MR) is 117 cm³/mol. The molecule has 0 aromatic heterocycles. The van der Waals surface area contributed by atoms with Crippen LogP contribution in [-0.4, -0.2) is 16.9 Å². The molecule has 0 radical (unpaired) electrons. The summed E-state index contributed by atoms with van der Waals surface area (Å²) in [5.41, 5.74) is 3.23. The summed E-state index contributed by atoms with van der Waals surface area (Å²) in [6.45, 7) is 1.92. The number of carbonyl (C=O) groups is 2. The lowest BCUT2D eigenvalue weighted by Gasteiger charge is -2.12. The van der Waals surface area contributed by atoms with Crippen LogP contribution in [0.15, 0.2) is 48.5 Å². The molecular weight excluding hydrogens is 394 g/mol. The van der Waals surface area contributed by atoms with Crippen LogP contribution in [0.2, 0.25) is 5.02 Å². The van der Waals surface area contributed by atoms with Gasteiger partial charge in [0.2, 0.25) is 11.8 Å². The fourth-order valence-corrected chi connectivity index (χ4v) is 2.82. The number of benzene rings is 2. The van der Waals surface area contributed by atoms with E-state index in [1.165, 1.54) is 6.08 Å². The van der Waals surface area contributed by atoms with Crippen molar-refractivity contribution in [2.45, 2.75) is 19.8 Å². The summed E-state index contributed by atoms with van der Waals surface area (Å²) in [4.78, 5) is 24.0. The van der Waals surface area contributed by atoms with Crippen molar-refractivity contribution < 1.29 is 9.59 Å². The van der Waals surface area contributed by atoms with Crippen LogP contribution in [0.4, 0.5) is 11.4 Å². The monoisotopic (exact) mass is 413 g/mol. The van der Waals surface area contributed by atoms with Crippen molar-refractivity contribution in [2.75, 3.05) is 10.6 Å². The minimum Gasteiger partial charge on any atom is -0.332 e. The van der Waals surface area contributed by atoms with E-state index >= 15 is 0 Å². The lowest BCUT2D eigenvalue weighted by atomic mass is 10.1. The van der Waals surface area contributed by atoms with Gasteiger partial charge in [-0.15, -0.1) is 0 Å². The first-order valence-electron chi connectivity index (χ1n) is 8.88. The predicted octanol–water partition coefficient (Wildman–Crippen LogP) is 4.52. The van der Waals surface area contributed by atoms with Gasteiger partial charge in [0.1, 0.15) is 0 Å². The molecule has 3 N–H and O–H groups in total. The number of aryl methyl sites for hydroxylation is 1. The van der Waals surface area contributed by atoms with Gasteiger partial charge in [-0.25, -0.2) is 0 Å². The number of halogens is 1. The van der Waals surface area contributed by atoms with E-state index in [1.54, 1.807) is 24.3 Å². The van der Waals surface area contributed by atoms with E-state index < -0.39 is 0 Å². The van der Waals surface area contributed by atoms with E-state index in [0.717, 1.165) is 29.7 Å². The van der Waals surface area contributed by atoms with E-state index in [2.05, 4.69) is 16.0 Å². The molecule has 1 fully saturated rings. The molecule has 1 saturated carbocycles. The third-order valence-corrected chi connectivity index (χ3v) is 4.69. The molecule has 2 aromatic rings. The van der Waals surface area contributed by atoms with E-state index in [9.17, 15) is 9.59 Å². The standard InChI is InChI=1S/C21H20ClN3O2S/c1-13-2-10-17(12-18(13)24-20(27)15-6-7-15)23-21(28)25-19(26)11-5-14-3-8-16(22)9-4-14/h2-5,8-12,15H,6-7H2,1H3,(H,24,27)(H2,23,25,26,28)/b11-5+. The van der Waals surface area contributed by atoms with Crippen LogP contribution in [0.1, 0.15) is 24.0 Å². The smallest absolute Gasteiger partial charge is 0.250 e. The van der Waals surface area contributed by atoms with Crippen LogP contribution in [0.25, 0.3) is 6.08 Å². The van der Waals surface area contributed by atoms with E-state index in [0.29, 0.717) is 10.7 Å². The second kappa shape index (κ2) is 8.99.